The van der Waals surface area contributed by atoms with Gasteiger partial charge in [0.2, 0.25) is 0 Å². The summed E-state index contributed by atoms with van der Waals surface area (Å²) >= 11 is 0. The molecule has 4 N–H and O–H groups in total. The van der Waals surface area contributed by atoms with Crippen molar-refractivity contribution >= 4 is 0 Å². The highest BCUT2D eigenvalue weighted by Crippen LogP contribution is 2.37. The van der Waals surface area contributed by atoms with E-state index in [1.807, 2.05) is 0 Å². The van der Waals surface area contributed by atoms with Crippen LogP contribution in [-0.4, -0.2) is 42.8 Å². The SMILES string of the molecule is C#C[C@@]1(O)CCCC[C@]1(O)C#C.C#C[C@]1(O)CCCC[C@@]1(O)C#C. The summed E-state index contributed by atoms with van der Waals surface area (Å²) in [7, 11) is 0. The summed E-state index contributed by atoms with van der Waals surface area (Å²) in [5.74, 6) is 8.74. The van der Waals surface area contributed by atoms with Crippen LogP contribution in [-0.2, 0) is 0 Å². The number of hydrogen-bond acceptors (Lipinski definition) is 4. The molecule has 0 amide bonds. The molecule has 0 unspecified atom stereocenters. The first kappa shape index (κ1) is 20.1. The van der Waals surface area contributed by atoms with Crippen molar-refractivity contribution < 1.29 is 20.4 Å². The van der Waals surface area contributed by atoms with E-state index >= 15 is 0 Å². The van der Waals surface area contributed by atoms with E-state index in [1.165, 1.54) is 0 Å². The second kappa shape index (κ2) is 7.32. The highest BCUT2D eigenvalue weighted by atomic mass is 16.4. The lowest BCUT2D eigenvalue weighted by atomic mass is 9.72. The van der Waals surface area contributed by atoms with Gasteiger partial charge in [0.15, 0.2) is 22.4 Å². The van der Waals surface area contributed by atoms with Crippen molar-refractivity contribution in [3.8, 4) is 49.4 Å². The highest BCUT2D eigenvalue weighted by Gasteiger charge is 2.49. The van der Waals surface area contributed by atoms with Crippen LogP contribution in [0, 0.1) is 49.4 Å². The lowest BCUT2D eigenvalue weighted by Crippen LogP contribution is -2.54. The second-order valence-electron chi connectivity index (χ2n) is 6.43. The molecule has 24 heavy (non-hydrogen) atoms. The first-order valence-electron chi connectivity index (χ1n) is 7.96. The van der Waals surface area contributed by atoms with E-state index in [-0.39, 0.29) is 0 Å². The molecule has 2 aliphatic rings. The smallest absolute Gasteiger partial charge is 0.164 e. The minimum Gasteiger partial charge on any atom is -0.374 e. The molecular formula is C20H24O4. The lowest BCUT2D eigenvalue weighted by Gasteiger charge is -2.39. The molecule has 0 saturated heterocycles. The second-order valence-corrected chi connectivity index (χ2v) is 6.43. The maximum absolute atomic E-state index is 9.77. The first-order valence-corrected chi connectivity index (χ1v) is 7.96. The van der Waals surface area contributed by atoms with Gasteiger partial charge in [-0.1, -0.05) is 23.7 Å². The highest BCUT2D eigenvalue weighted by molar-refractivity contribution is 5.29. The Kier molecular flexibility index (Phi) is 6.14. The van der Waals surface area contributed by atoms with Crippen molar-refractivity contribution in [2.24, 2.45) is 0 Å². The molecule has 128 valence electrons. The molecule has 2 aliphatic carbocycles. The van der Waals surface area contributed by atoms with Crippen LogP contribution >= 0.6 is 0 Å². The van der Waals surface area contributed by atoms with Crippen molar-refractivity contribution in [2.75, 3.05) is 0 Å². The molecule has 0 spiro atoms. The minimum absolute atomic E-state index is 0.379. The Morgan fingerprint density at radius 3 is 0.750 bits per heavy atom. The molecule has 2 saturated carbocycles. The third kappa shape index (κ3) is 3.44. The van der Waals surface area contributed by atoms with Crippen LogP contribution in [0.15, 0.2) is 0 Å². The van der Waals surface area contributed by atoms with Gasteiger partial charge in [-0.2, -0.15) is 0 Å². The van der Waals surface area contributed by atoms with E-state index in [1.54, 1.807) is 0 Å². The molecule has 0 radical (unpaired) electrons. The maximum atomic E-state index is 9.77. The van der Waals surface area contributed by atoms with E-state index in [9.17, 15) is 20.4 Å². The van der Waals surface area contributed by atoms with E-state index in [0.717, 1.165) is 25.7 Å². The Balaban J connectivity index is 0.000000240. The van der Waals surface area contributed by atoms with Crippen LogP contribution in [0.2, 0.25) is 0 Å². The van der Waals surface area contributed by atoms with E-state index in [2.05, 4.69) is 23.7 Å². The van der Waals surface area contributed by atoms with Gasteiger partial charge in [-0.3, -0.25) is 0 Å². The summed E-state index contributed by atoms with van der Waals surface area (Å²) in [6, 6.07) is 0. The number of rotatable bonds is 0. The van der Waals surface area contributed by atoms with Gasteiger partial charge in [-0.25, -0.2) is 0 Å². The van der Waals surface area contributed by atoms with Crippen LogP contribution in [0.4, 0.5) is 0 Å². The van der Waals surface area contributed by atoms with Crippen molar-refractivity contribution in [2.45, 2.75) is 73.8 Å². The topological polar surface area (TPSA) is 80.9 Å². The molecule has 0 heterocycles. The minimum atomic E-state index is -1.53. The van der Waals surface area contributed by atoms with Gasteiger partial charge >= 0.3 is 0 Å². The summed E-state index contributed by atoms with van der Waals surface area (Å²) in [4.78, 5) is 0. The quantitative estimate of drug-likeness (QED) is 0.490. The van der Waals surface area contributed by atoms with E-state index in [4.69, 9.17) is 25.7 Å². The molecule has 0 aromatic rings. The maximum Gasteiger partial charge on any atom is 0.164 e. The van der Waals surface area contributed by atoms with E-state index in [0.29, 0.717) is 25.7 Å². The summed E-state index contributed by atoms with van der Waals surface area (Å²) in [6.07, 6.45) is 25.3. The molecule has 0 aliphatic heterocycles. The molecule has 0 aromatic heterocycles. The van der Waals surface area contributed by atoms with Gasteiger partial charge in [-0.05, 0) is 51.4 Å². The molecule has 0 bridgehead atoms. The Labute approximate surface area is 144 Å². The van der Waals surface area contributed by atoms with Crippen molar-refractivity contribution in [3.63, 3.8) is 0 Å². The van der Waals surface area contributed by atoms with Crippen LogP contribution in [0.1, 0.15) is 51.4 Å². The Hall–Kier alpha value is -1.92. The lowest BCUT2D eigenvalue weighted by molar-refractivity contribution is -0.104. The zero-order valence-electron chi connectivity index (χ0n) is 13.8. The fourth-order valence-electron chi connectivity index (χ4n) is 3.12. The molecule has 4 atom stereocenters. The fourth-order valence-corrected chi connectivity index (χ4v) is 3.12. The van der Waals surface area contributed by atoms with Crippen LogP contribution < -0.4 is 0 Å². The normalized spacial score (nSPS) is 41.3. The number of terminal acetylenes is 4. The average Bonchev–Trinajstić information content (AvgIpc) is 2.61. The van der Waals surface area contributed by atoms with Gasteiger partial charge in [0.05, 0.1) is 0 Å². The summed E-state index contributed by atoms with van der Waals surface area (Å²) in [6.45, 7) is 0. The number of aliphatic hydroxyl groups is 4. The third-order valence-corrected chi connectivity index (χ3v) is 4.98. The Morgan fingerprint density at radius 2 is 0.625 bits per heavy atom. The molecule has 4 nitrogen and oxygen atoms in total. The molecule has 4 heteroatoms. The van der Waals surface area contributed by atoms with Crippen LogP contribution in [0.5, 0.6) is 0 Å². The molecule has 0 aromatic carbocycles. The van der Waals surface area contributed by atoms with Gasteiger partial charge in [-0.15, -0.1) is 25.7 Å². The van der Waals surface area contributed by atoms with Gasteiger partial charge in [0.25, 0.3) is 0 Å². The first-order chi connectivity index (χ1) is 11.2. The molecule has 2 rings (SSSR count). The van der Waals surface area contributed by atoms with Crippen LogP contribution in [0.3, 0.4) is 0 Å². The standard InChI is InChI=1S/2C10H12O2/c2*1-3-9(11)7-5-6-8-10(9,12)4-2/h2*1-2,11-12H,5-8H2/t2*9-,10-/m10/s1. The number of hydrogen-bond donors (Lipinski definition) is 4. The van der Waals surface area contributed by atoms with Gasteiger partial charge < -0.3 is 20.4 Å². The Morgan fingerprint density at radius 1 is 0.458 bits per heavy atom. The third-order valence-electron chi connectivity index (χ3n) is 4.98. The predicted octanol–water partition coefficient (Wildman–Crippen LogP) is 0.578. The Bertz CT molecular complexity index is 516. The molecular weight excluding hydrogens is 304 g/mol. The van der Waals surface area contributed by atoms with Crippen molar-refractivity contribution in [1.29, 1.82) is 0 Å². The average molecular weight is 328 g/mol. The summed E-state index contributed by atoms with van der Waals surface area (Å²) in [5, 5.41) is 39.1. The van der Waals surface area contributed by atoms with Crippen molar-refractivity contribution in [3.05, 3.63) is 0 Å². The van der Waals surface area contributed by atoms with Crippen molar-refractivity contribution in [1.82, 2.24) is 0 Å². The molecule has 2 fully saturated rings. The summed E-state index contributed by atoms with van der Waals surface area (Å²) in [5.41, 5.74) is -6.11. The zero-order valence-corrected chi connectivity index (χ0v) is 13.8. The predicted molar refractivity (Wildman–Crippen MR) is 92.1 cm³/mol. The summed E-state index contributed by atoms with van der Waals surface area (Å²) < 4.78 is 0. The van der Waals surface area contributed by atoms with Crippen LogP contribution in [0.25, 0.3) is 0 Å². The van der Waals surface area contributed by atoms with Gasteiger partial charge in [0, 0.05) is 0 Å². The van der Waals surface area contributed by atoms with Gasteiger partial charge in [0.1, 0.15) is 0 Å². The monoisotopic (exact) mass is 328 g/mol. The zero-order chi connectivity index (χ0) is 18.5. The fraction of sp³-hybridized carbons (Fsp3) is 0.600. The largest absolute Gasteiger partial charge is 0.374 e. The van der Waals surface area contributed by atoms with E-state index < -0.39 is 22.4 Å².